The fraction of sp³-hybridized carbons (Fsp3) is 0.253. The SMILES string of the molecule is C/C=C\C(=C/C(C)C)C(c1oc2ccccc2c1C)[C@H](C)CC.C=C.C=C/C=C\C=C/C.CC.CC.CC.CC1=Cc2c(n(-c3ccccc3)c3ccc(-c4ccc5c6ccccc6c6c(O)cccc6c5c4)cc23)CC=C1. The number of benzene rings is 7. The third kappa shape index (κ3) is 14.6. The molecule has 2 atom stereocenters. The van der Waals surface area contributed by atoms with Gasteiger partial charge in [-0.3, -0.25) is 0 Å². The molecule has 10 rings (SSSR count). The average Bonchev–Trinajstić information content (AvgIpc) is 4.08. The highest BCUT2D eigenvalue weighted by Gasteiger charge is 2.27. The van der Waals surface area contributed by atoms with Gasteiger partial charge in [-0.1, -0.05) is 240 Å². The first-order valence-corrected chi connectivity index (χ1v) is 28.4. The van der Waals surface area contributed by atoms with Crippen LogP contribution in [0.4, 0.5) is 0 Å². The van der Waals surface area contributed by atoms with Crippen LogP contribution in [0.5, 0.6) is 5.75 Å². The minimum atomic E-state index is 0.311. The molecule has 1 aliphatic rings. The van der Waals surface area contributed by atoms with E-state index >= 15 is 0 Å². The van der Waals surface area contributed by atoms with Crippen molar-refractivity contribution in [2.75, 3.05) is 0 Å². The minimum absolute atomic E-state index is 0.311. The van der Waals surface area contributed by atoms with Gasteiger partial charge in [0.2, 0.25) is 0 Å². The molecule has 1 N–H and O–H groups in total. The molecule has 406 valence electrons. The molecule has 9 aromatic rings. The number of aromatic hydroxyl groups is 1. The number of aromatic nitrogens is 1. The van der Waals surface area contributed by atoms with Crippen molar-refractivity contribution in [2.45, 2.75) is 116 Å². The van der Waals surface area contributed by atoms with Crippen molar-refractivity contribution in [1.29, 1.82) is 0 Å². The summed E-state index contributed by atoms with van der Waals surface area (Å²) in [6, 6.07) is 46.9. The predicted molar refractivity (Wildman–Crippen MR) is 350 cm³/mol. The van der Waals surface area contributed by atoms with Gasteiger partial charge < -0.3 is 14.1 Å². The van der Waals surface area contributed by atoms with Crippen molar-refractivity contribution in [3.05, 3.63) is 248 Å². The number of aryl methyl sites for hydroxylation is 1. The number of rotatable bonds is 10. The van der Waals surface area contributed by atoms with E-state index in [1.165, 1.54) is 66.5 Å². The first kappa shape index (κ1) is 62.7. The normalized spacial score (nSPS) is 12.7. The molecule has 0 aliphatic heterocycles. The third-order valence-electron chi connectivity index (χ3n) is 13.5. The van der Waals surface area contributed by atoms with Gasteiger partial charge in [-0.15, -0.1) is 13.2 Å². The first-order chi connectivity index (χ1) is 38.1. The molecule has 3 heteroatoms. The van der Waals surface area contributed by atoms with Gasteiger partial charge in [0.15, 0.2) is 0 Å². The third-order valence-corrected chi connectivity index (χ3v) is 13.5. The van der Waals surface area contributed by atoms with Crippen molar-refractivity contribution in [3.8, 4) is 22.6 Å². The fourth-order valence-electron chi connectivity index (χ4n) is 10.1. The van der Waals surface area contributed by atoms with Crippen LogP contribution < -0.4 is 0 Å². The second-order valence-corrected chi connectivity index (χ2v) is 18.8. The number of nitrogens with zero attached hydrogens (tertiary/aromatic N) is 1. The highest BCUT2D eigenvalue weighted by atomic mass is 16.3. The van der Waals surface area contributed by atoms with Gasteiger partial charge in [-0.05, 0) is 137 Å². The van der Waals surface area contributed by atoms with Crippen LogP contribution in [0.1, 0.15) is 125 Å². The van der Waals surface area contributed by atoms with Gasteiger partial charge in [0.1, 0.15) is 17.1 Å². The molecule has 0 saturated carbocycles. The van der Waals surface area contributed by atoms with E-state index in [0.29, 0.717) is 23.5 Å². The quantitative estimate of drug-likeness (QED) is 0.0842. The van der Waals surface area contributed by atoms with Crippen molar-refractivity contribution in [1.82, 2.24) is 4.57 Å². The number of hydrogen-bond acceptors (Lipinski definition) is 2. The Kier molecular flexibility index (Phi) is 25.7. The summed E-state index contributed by atoms with van der Waals surface area (Å²) >= 11 is 0. The molecule has 1 aliphatic carbocycles. The molecule has 0 saturated heterocycles. The van der Waals surface area contributed by atoms with Crippen molar-refractivity contribution >= 4 is 60.3 Å². The molecule has 0 amide bonds. The highest BCUT2D eigenvalue weighted by molar-refractivity contribution is 6.27. The number of phenolic OH excluding ortho intramolecular Hbond substituents is 1. The Morgan fingerprint density at radius 3 is 1.87 bits per heavy atom. The second-order valence-electron chi connectivity index (χ2n) is 18.8. The summed E-state index contributed by atoms with van der Waals surface area (Å²) in [7, 11) is 0. The lowest BCUT2D eigenvalue weighted by molar-refractivity contribution is 0.415. The Morgan fingerprint density at radius 2 is 1.24 bits per heavy atom. The second kappa shape index (κ2) is 32.0. The topological polar surface area (TPSA) is 38.3 Å². The van der Waals surface area contributed by atoms with Crippen LogP contribution in [0, 0.1) is 18.8 Å². The molecule has 1 unspecified atom stereocenters. The molecule has 3 nitrogen and oxygen atoms in total. The lowest BCUT2D eigenvalue weighted by atomic mass is 9.80. The largest absolute Gasteiger partial charge is 0.507 e. The lowest BCUT2D eigenvalue weighted by Crippen LogP contribution is -2.12. The summed E-state index contributed by atoms with van der Waals surface area (Å²) < 4.78 is 8.73. The standard InChI is InChI=1S/C38H27NO.C22H30O.C7H10.3C2H6.C2H4/c1-24-9-7-15-35-33(21-24)34-23-26(18-20-36(34)39(35)27-10-3-2-4-11-27)25-17-19-29-28-12-5-6-13-30(28)38-31(32(29)22-25)14-8-16-37(38)40;1-7-11-18(14-15(3)4)21(16(5)8-2)22-17(6)19-12-9-10-13-20(19)23-22;1-3-5-7-6-4-2;4*1-2/h2-14,16-23,40H,15H2,1H3;7,9-16,21H,8H2,1-6H3;3-7H,1H2,2H3;3*1-2H3;1-2H2/b;11-7-,18-14+;6-4-,7-5-;;;;/t;16-,21?;;;;;/m.1...../s1. The van der Waals surface area contributed by atoms with Crippen LogP contribution in [0.2, 0.25) is 0 Å². The molecule has 0 bridgehead atoms. The first-order valence-electron chi connectivity index (χ1n) is 28.4. The summed E-state index contributed by atoms with van der Waals surface area (Å²) in [5, 5.41) is 20.0. The van der Waals surface area contributed by atoms with Crippen LogP contribution in [0.3, 0.4) is 0 Å². The van der Waals surface area contributed by atoms with Crippen LogP contribution in [0.15, 0.2) is 230 Å². The number of fused-ring (bicyclic) bond motifs is 10. The van der Waals surface area contributed by atoms with Crippen LogP contribution in [0.25, 0.3) is 77.1 Å². The Bertz CT molecular complexity index is 3530. The van der Waals surface area contributed by atoms with Gasteiger partial charge in [0.05, 0.1) is 5.52 Å². The molecule has 0 spiro atoms. The van der Waals surface area contributed by atoms with E-state index in [9.17, 15) is 5.11 Å². The Morgan fingerprint density at radius 1 is 0.654 bits per heavy atom. The van der Waals surface area contributed by atoms with Crippen molar-refractivity contribution < 1.29 is 9.52 Å². The predicted octanol–water partition coefficient (Wildman–Crippen LogP) is 23.2. The van der Waals surface area contributed by atoms with Gasteiger partial charge in [0, 0.05) is 45.4 Å². The number of hydrogen-bond donors (Lipinski definition) is 1. The van der Waals surface area contributed by atoms with E-state index in [1.807, 2.05) is 91.0 Å². The van der Waals surface area contributed by atoms with Crippen LogP contribution >= 0.6 is 0 Å². The molecular formula is C75H89NO2. The van der Waals surface area contributed by atoms with Gasteiger partial charge in [0.25, 0.3) is 0 Å². The number of para-hydroxylation sites is 2. The fourth-order valence-corrected chi connectivity index (χ4v) is 10.1. The lowest BCUT2D eigenvalue weighted by Gasteiger charge is -2.24. The minimum Gasteiger partial charge on any atom is -0.507 e. The number of allylic oxidation sites excluding steroid dienone is 12. The van der Waals surface area contributed by atoms with Gasteiger partial charge in [-0.25, -0.2) is 0 Å². The summed E-state index contributed by atoms with van der Waals surface area (Å²) in [6.45, 7) is 39.0. The molecule has 0 fully saturated rings. The van der Waals surface area contributed by atoms with Crippen molar-refractivity contribution in [2.24, 2.45) is 11.8 Å². The molecule has 2 heterocycles. The monoisotopic (exact) mass is 1040 g/mol. The summed E-state index contributed by atoms with van der Waals surface area (Å²) in [6.07, 6.45) is 25.1. The highest BCUT2D eigenvalue weighted by Crippen LogP contribution is 2.43. The van der Waals surface area contributed by atoms with Gasteiger partial charge >= 0.3 is 0 Å². The summed E-state index contributed by atoms with van der Waals surface area (Å²) in [5.74, 6) is 2.83. The van der Waals surface area contributed by atoms with Crippen molar-refractivity contribution in [3.63, 3.8) is 0 Å². The average molecular weight is 1040 g/mol. The van der Waals surface area contributed by atoms with E-state index in [1.54, 1.807) is 12.1 Å². The molecule has 7 aromatic carbocycles. The maximum Gasteiger partial charge on any atom is 0.134 e. The maximum absolute atomic E-state index is 10.9. The zero-order chi connectivity index (χ0) is 57.3. The van der Waals surface area contributed by atoms with E-state index in [0.717, 1.165) is 51.1 Å². The smallest absolute Gasteiger partial charge is 0.134 e. The Balaban J connectivity index is 0.000000293. The maximum atomic E-state index is 10.9. The Labute approximate surface area is 469 Å². The summed E-state index contributed by atoms with van der Waals surface area (Å²) in [5.41, 5.74) is 12.3. The Hall–Kier alpha value is -7.88. The molecule has 2 aromatic heterocycles. The van der Waals surface area contributed by atoms with Crippen LogP contribution in [-0.2, 0) is 6.42 Å². The van der Waals surface area contributed by atoms with E-state index in [4.69, 9.17) is 4.42 Å². The van der Waals surface area contributed by atoms with E-state index in [2.05, 4.69) is 218 Å². The summed E-state index contributed by atoms with van der Waals surface area (Å²) in [4.78, 5) is 0. The molecule has 78 heavy (non-hydrogen) atoms. The van der Waals surface area contributed by atoms with Gasteiger partial charge in [-0.2, -0.15) is 0 Å². The van der Waals surface area contributed by atoms with E-state index < -0.39 is 0 Å². The number of furan rings is 1. The zero-order valence-electron chi connectivity index (χ0n) is 49.6. The zero-order valence-corrected chi connectivity index (χ0v) is 49.6. The molecule has 0 radical (unpaired) electrons. The number of phenols is 1. The molecular weight excluding hydrogens is 947 g/mol. The van der Waals surface area contributed by atoms with E-state index in [-0.39, 0.29) is 0 Å². The van der Waals surface area contributed by atoms with Crippen LogP contribution in [-0.4, -0.2) is 9.67 Å².